The minimum Gasteiger partial charge on any atom is -0.431 e. The van der Waals surface area contributed by atoms with Gasteiger partial charge < -0.3 is 14.0 Å². The summed E-state index contributed by atoms with van der Waals surface area (Å²) in [6.07, 6.45) is 0.721. The molecule has 1 fully saturated rings. The number of nitrogens with zero attached hydrogens (tertiary/aromatic N) is 3. The van der Waals surface area contributed by atoms with Gasteiger partial charge in [0.15, 0.2) is 5.79 Å². The standard InChI is InChI=1S/C12H15Cl5N3O3P3/c1-12(2)21-8-11(22-12)7-9-3-5-10(6-4-9)23-26(17)19-24(13,14)18-25(15,16)20-26/h3-6,11H,7-8H2,1-2H3. The fraction of sp³-hybridized carbons (Fsp3) is 0.500. The Bertz CT molecular complexity index is 857. The summed E-state index contributed by atoms with van der Waals surface area (Å²) in [4.78, 5) is 0. The molecule has 2 aliphatic heterocycles. The largest absolute Gasteiger partial charge is 0.431 e. The molecule has 0 radical (unpaired) electrons. The summed E-state index contributed by atoms with van der Waals surface area (Å²) in [5, 5.41) is 0. The van der Waals surface area contributed by atoms with Crippen LogP contribution in [0.4, 0.5) is 0 Å². The van der Waals surface area contributed by atoms with Gasteiger partial charge in [0, 0.05) is 6.42 Å². The van der Waals surface area contributed by atoms with Crippen LogP contribution in [-0.4, -0.2) is 18.5 Å². The summed E-state index contributed by atoms with van der Waals surface area (Å²) in [7, 11) is 0. The van der Waals surface area contributed by atoms with Crippen LogP contribution in [0.3, 0.4) is 0 Å². The Kier molecular flexibility index (Phi) is 6.47. The predicted octanol–water partition coefficient (Wildman–Crippen LogP) is 8.81. The van der Waals surface area contributed by atoms with Crippen LogP contribution in [0, 0.1) is 0 Å². The van der Waals surface area contributed by atoms with E-state index >= 15 is 0 Å². The molecule has 26 heavy (non-hydrogen) atoms. The Labute approximate surface area is 176 Å². The van der Waals surface area contributed by atoms with Crippen LogP contribution in [0.25, 0.3) is 0 Å². The van der Waals surface area contributed by atoms with Crippen LogP contribution < -0.4 is 4.52 Å². The van der Waals surface area contributed by atoms with Crippen LogP contribution in [0.1, 0.15) is 19.4 Å². The second-order valence-corrected chi connectivity index (χ2v) is 19.2. The quantitative estimate of drug-likeness (QED) is 0.374. The summed E-state index contributed by atoms with van der Waals surface area (Å²) < 4.78 is 29.0. The zero-order valence-electron chi connectivity index (χ0n) is 13.6. The molecule has 6 nitrogen and oxygen atoms in total. The molecule has 3 rings (SSSR count). The molecule has 0 amide bonds. The van der Waals surface area contributed by atoms with Gasteiger partial charge in [0.1, 0.15) is 5.75 Å². The van der Waals surface area contributed by atoms with Crippen LogP contribution in [0.15, 0.2) is 37.8 Å². The van der Waals surface area contributed by atoms with E-state index < -0.39 is 24.4 Å². The van der Waals surface area contributed by atoms with Crippen molar-refractivity contribution >= 4 is 74.8 Å². The maximum absolute atomic E-state index is 6.36. The number of hydrogen-bond acceptors (Lipinski definition) is 6. The van der Waals surface area contributed by atoms with E-state index in [1.807, 2.05) is 26.0 Å². The Balaban J connectivity index is 1.73. The van der Waals surface area contributed by atoms with Crippen molar-refractivity contribution in [1.29, 1.82) is 0 Å². The first-order valence-electron chi connectivity index (χ1n) is 7.36. The van der Waals surface area contributed by atoms with Gasteiger partial charge in [-0.15, -0.1) is 0 Å². The predicted molar refractivity (Wildman–Crippen MR) is 113 cm³/mol. The zero-order chi connectivity index (χ0) is 19.2. The van der Waals surface area contributed by atoms with E-state index in [2.05, 4.69) is 13.5 Å². The second-order valence-electron chi connectivity index (χ2n) is 6.04. The highest BCUT2D eigenvalue weighted by atomic mass is 35.9. The summed E-state index contributed by atoms with van der Waals surface area (Å²) >= 11 is 30.5. The molecule has 2 atom stereocenters. The molecule has 2 heterocycles. The van der Waals surface area contributed by atoms with Gasteiger partial charge in [-0.1, -0.05) is 12.1 Å². The maximum atomic E-state index is 6.36. The van der Waals surface area contributed by atoms with Gasteiger partial charge in [-0.05, 0) is 87.7 Å². The van der Waals surface area contributed by atoms with Crippen molar-refractivity contribution in [3.63, 3.8) is 0 Å². The third-order valence-corrected chi connectivity index (χ3v) is 15.3. The number of rotatable bonds is 4. The minimum absolute atomic E-state index is 0.00409. The van der Waals surface area contributed by atoms with Crippen LogP contribution in [0.5, 0.6) is 5.75 Å². The van der Waals surface area contributed by atoms with Gasteiger partial charge in [-0.25, -0.2) is 0 Å². The van der Waals surface area contributed by atoms with Crippen molar-refractivity contribution in [1.82, 2.24) is 0 Å². The first-order chi connectivity index (χ1) is 11.9. The SMILES string of the molecule is CC1(C)OCC(Cc2ccc(OP3(Cl)=NP(Cl)(Cl)=NP(Cl)(Cl)=N3)cc2)O1. The molecule has 0 aromatic heterocycles. The minimum atomic E-state index is -3.24. The highest BCUT2D eigenvalue weighted by Crippen LogP contribution is 2.86. The van der Waals surface area contributed by atoms with E-state index in [4.69, 9.17) is 70.2 Å². The number of halogens is 5. The molecule has 2 unspecified atom stereocenters. The smallest absolute Gasteiger partial charge is 0.350 e. The lowest BCUT2D eigenvalue weighted by atomic mass is 10.1. The number of ether oxygens (including phenoxy) is 2. The zero-order valence-corrected chi connectivity index (χ0v) is 20.1. The summed E-state index contributed by atoms with van der Waals surface area (Å²) in [5.41, 5.74) is 1.06. The molecule has 0 N–H and O–H groups in total. The van der Waals surface area contributed by atoms with Gasteiger partial charge >= 0.3 is 6.78 Å². The normalized spacial score (nSPS) is 31.4. The topological polar surface area (TPSA) is 64.8 Å². The third-order valence-electron chi connectivity index (χ3n) is 3.33. The molecule has 0 bridgehead atoms. The van der Waals surface area contributed by atoms with Gasteiger partial charge in [-0.3, -0.25) is 0 Å². The van der Waals surface area contributed by atoms with E-state index in [0.717, 1.165) is 5.56 Å². The van der Waals surface area contributed by atoms with Gasteiger partial charge in [0.2, 0.25) is 0 Å². The summed E-state index contributed by atoms with van der Waals surface area (Å²) in [6, 6.07) is 7.30. The number of benzene rings is 1. The summed E-state index contributed by atoms with van der Waals surface area (Å²) in [5.74, 6) is -6.31. The monoisotopic (exact) mass is 517 g/mol. The second kappa shape index (κ2) is 7.73. The molecule has 1 aromatic rings. The van der Waals surface area contributed by atoms with Crippen molar-refractivity contribution in [2.45, 2.75) is 32.2 Å². The van der Waals surface area contributed by atoms with E-state index in [0.29, 0.717) is 18.8 Å². The van der Waals surface area contributed by atoms with Crippen LogP contribution >= 0.6 is 74.8 Å². The van der Waals surface area contributed by atoms with Crippen molar-refractivity contribution in [2.75, 3.05) is 6.61 Å². The molecule has 0 aliphatic carbocycles. The molecular formula is C12H15Cl5N3O3P3. The molecule has 146 valence electrons. The molecule has 14 heteroatoms. The van der Waals surface area contributed by atoms with Crippen molar-refractivity contribution in [3.05, 3.63) is 29.8 Å². The molecule has 1 saturated heterocycles. The Morgan fingerprint density at radius 1 is 1.04 bits per heavy atom. The van der Waals surface area contributed by atoms with E-state index in [-0.39, 0.29) is 6.10 Å². The highest BCUT2D eigenvalue weighted by Gasteiger charge is 2.35. The first-order valence-corrected chi connectivity index (χ1v) is 16.9. The van der Waals surface area contributed by atoms with E-state index in [1.165, 1.54) is 0 Å². The molecule has 2 aliphatic rings. The first kappa shape index (κ1) is 21.8. The fourth-order valence-corrected chi connectivity index (χ4v) is 19.0. The Morgan fingerprint density at radius 3 is 2.19 bits per heavy atom. The van der Waals surface area contributed by atoms with E-state index in [9.17, 15) is 0 Å². The van der Waals surface area contributed by atoms with Crippen molar-refractivity contribution in [3.8, 4) is 5.75 Å². The van der Waals surface area contributed by atoms with E-state index in [1.54, 1.807) is 12.1 Å². The highest BCUT2D eigenvalue weighted by molar-refractivity contribution is 8.22. The lowest BCUT2D eigenvalue weighted by molar-refractivity contribution is -0.138. The number of hydrogen-bond donors (Lipinski definition) is 0. The van der Waals surface area contributed by atoms with Gasteiger partial charge in [0.25, 0.3) is 11.8 Å². The van der Waals surface area contributed by atoms with Crippen molar-refractivity contribution < 1.29 is 14.0 Å². The molecule has 1 aromatic carbocycles. The maximum Gasteiger partial charge on any atom is 0.350 e. The average molecular weight is 519 g/mol. The molecular weight excluding hydrogens is 504 g/mol. The lowest BCUT2D eigenvalue weighted by Crippen LogP contribution is -2.22. The van der Waals surface area contributed by atoms with Crippen LogP contribution in [0.2, 0.25) is 0 Å². The average Bonchev–Trinajstić information content (AvgIpc) is 2.75. The van der Waals surface area contributed by atoms with Crippen molar-refractivity contribution in [2.24, 2.45) is 13.5 Å². The van der Waals surface area contributed by atoms with Gasteiger partial charge in [0.05, 0.1) is 12.7 Å². The molecule has 0 spiro atoms. The summed E-state index contributed by atoms with van der Waals surface area (Å²) in [6.45, 7) is 1.10. The third kappa shape index (κ3) is 6.04. The Morgan fingerprint density at radius 2 is 1.65 bits per heavy atom. The van der Waals surface area contributed by atoms with Crippen LogP contribution in [-0.2, 0) is 15.9 Å². The lowest BCUT2D eigenvalue weighted by Gasteiger charge is -2.21. The molecule has 0 saturated carbocycles. The van der Waals surface area contributed by atoms with Gasteiger partial charge in [-0.2, -0.15) is 13.5 Å². The Hall–Kier alpha value is 1.08. The fourth-order valence-electron chi connectivity index (χ4n) is 2.43.